The third kappa shape index (κ3) is 3.66. The van der Waals surface area contributed by atoms with Crippen LogP contribution < -0.4 is 5.32 Å². The molecule has 0 aliphatic carbocycles. The lowest BCUT2D eigenvalue weighted by Crippen LogP contribution is -2.53. The van der Waals surface area contributed by atoms with E-state index in [1.54, 1.807) is 0 Å². The maximum Gasteiger partial charge on any atom is 0.240 e. The summed E-state index contributed by atoms with van der Waals surface area (Å²) in [5.41, 5.74) is 0. The van der Waals surface area contributed by atoms with Crippen molar-refractivity contribution < 1.29 is 14.6 Å². The Morgan fingerprint density at radius 2 is 2.18 bits per heavy atom. The van der Waals surface area contributed by atoms with E-state index in [9.17, 15) is 9.90 Å². The molecule has 1 unspecified atom stereocenters. The first kappa shape index (κ1) is 14.4. The zero-order chi connectivity index (χ0) is 13.0. The summed E-state index contributed by atoms with van der Waals surface area (Å²) in [6, 6.07) is -0.101. The zero-order valence-electron chi connectivity index (χ0n) is 11.1. The van der Waals surface area contributed by atoms with Crippen molar-refractivity contribution in [3.05, 3.63) is 0 Å². The maximum absolute atomic E-state index is 12.3. The Kier molecular flexibility index (Phi) is 5.36. The van der Waals surface area contributed by atoms with Crippen molar-refractivity contribution in [1.82, 2.24) is 10.2 Å². The minimum Gasteiger partial charge on any atom is -0.356 e. The van der Waals surface area contributed by atoms with Crippen LogP contribution in [-0.2, 0) is 9.53 Å². The molecule has 0 aromatic rings. The second kappa shape index (κ2) is 6.33. The molecule has 17 heavy (non-hydrogen) atoms. The van der Waals surface area contributed by atoms with E-state index in [2.05, 4.69) is 12.2 Å². The molecule has 0 bridgehead atoms. The van der Waals surface area contributed by atoms with Gasteiger partial charge < -0.3 is 14.7 Å². The van der Waals surface area contributed by atoms with Crippen LogP contribution in [0.5, 0.6) is 0 Å². The Hall–Kier alpha value is -0.650. The number of ether oxygens (including phenoxy) is 1. The van der Waals surface area contributed by atoms with Crippen LogP contribution in [0.15, 0.2) is 0 Å². The highest BCUT2D eigenvalue weighted by Gasteiger charge is 2.33. The molecule has 5 nitrogen and oxygen atoms in total. The Balaban J connectivity index is 2.66. The van der Waals surface area contributed by atoms with E-state index in [4.69, 9.17) is 4.74 Å². The van der Waals surface area contributed by atoms with Gasteiger partial charge in [-0.1, -0.05) is 13.8 Å². The molecule has 1 saturated heterocycles. The van der Waals surface area contributed by atoms with Crippen molar-refractivity contribution >= 4 is 5.91 Å². The monoisotopic (exact) mass is 244 g/mol. The lowest BCUT2D eigenvalue weighted by atomic mass is 10.0. The van der Waals surface area contributed by atoms with Crippen molar-refractivity contribution in [2.45, 2.75) is 52.1 Å². The summed E-state index contributed by atoms with van der Waals surface area (Å²) in [5.74, 6) is 0.168. The number of nitrogens with one attached hydrogen (secondary N) is 1. The molecule has 2 N–H and O–H groups in total. The fourth-order valence-corrected chi connectivity index (χ4v) is 2.21. The smallest absolute Gasteiger partial charge is 0.240 e. The summed E-state index contributed by atoms with van der Waals surface area (Å²) >= 11 is 0. The molecule has 0 aromatic carbocycles. The number of hydrogen-bond acceptors (Lipinski definition) is 4. The zero-order valence-corrected chi connectivity index (χ0v) is 11.1. The first-order valence-electron chi connectivity index (χ1n) is 6.24. The van der Waals surface area contributed by atoms with E-state index in [0.29, 0.717) is 6.04 Å². The van der Waals surface area contributed by atoms with Crippen LogP contribution >= 0.6 is 0 Å². The molecular weight excluding hydrogens is 220 g/mol. The Labute approximate surface area is 103 Å². The summed E-state index contributed by atoms with van der Waals surface area (Å²) in [6.07, 6.45) is 1.03. The molecule has 1 aliphatic heterocycles. The van der Waals surface area contributed by atoms with E-state index in [1.807, 2.05) is 18.7 Å². The van der Waals surface area contributed by atoms with E-state index < -0.39 is 12.5 Å². The minimum absolute atomic E-state index is 0.0566. The van der Waals surface area contributed by atoms with E-state index >= 15 is 0 Å². The molecule has 1 heterocycles. The number of rotatable bonds is 5. The first-order valence-corrected chi connectivity index (χ1v) is 6.24. The average molecular weight is 244 g/mol. The number of carbonyl (C=O) groups excluding carboxylic acids is 1. The van der Waals surface area contributed by atoms with E-state index in [1.165, 1.54) is 7.11 Å². The third-order valence-corrected chi connectivity index (χ3v) is 3.31. The Morgan fingerprint density at radius 3 is 2.59 bits per heavy atom. The van der Waals surface area contributed by atoms with Crippen LogP contribution in [0.4, 0.5) is 0 Å². The van der Waals surface area contributed by atoms with Gasteiger partial charge in [0, 0.05) is 19.7 Å². The van der Waals surface area contributed by atoms with Crippen molar-refractivity contribution in [1.29, 1.82) is 0 Å². The topological polar surface area (TPSA) is 61.8 Å². The van der Waals surface area contributed by atoms with Gasteiger partial charge in [-0.3, -0.25) is 10.1 Å². The molecule has 0 spiro atoms. The lowest BCUT2D eigenvalue weighted by Gasteiger charge is -2.30. The molecular formula is C12H24N2O3. The number of carbonyl (C=O) groups is 1. The highest BCUT2D eigenvalue weighted by molar-refractivity contribution is 5.82. The quantitative estimate of drug-likeness (QED) is 0.693. The molecule has 1 aliphatic rings. The van der Waals surface area contributed by atoms with Crippen molar-refractivity contribution in [2.75, 3.05) is 13.7 Å². The maximum atomic E-state index is 12.3. The van der Waals surface area contributed by atoms with Gasteiger partial charge in [-0.15, -0.1) is 0 Å². The van der Waals surface area contributed by atoms with Gasteiger partial charge in [-0.25, -0.2) is 0 Å². The highest BCUT2D eigenvalue weighted by atomic mass is 16.6. The highest BCUT2D eigenvalue weighted by Crippen LogP contribution is 2.19. The van der Waals surface area contributed by atoms with Crippen LogP contribution in [0.25, 0.3) is 0 Å². The normalized spacial score (nSPS) is 24.1. The predicted octanol–water partition coefficient (Wildman–Crippen LogP) is 0.534. The van der Waals surface area contributed by atoms with E-state index in [-0.39, 0.29) is 11.8 Å². The number of likely N-dealkylation sites (tertiary alicyclic amines) is 1. The molecule has 1 amide bonds. The SMILES string of the molecule is COC(O)N[C@H](C(=O)N1CCC[C@@H]1C)C(C)C. The number of methoxy groups -OCH3 is 1. The molecule has 5 heteroatoms. The molecule has 0 saturated carbocycles. The molecule has 100 valence electrons. The summed E-state index contributed by atoms with van der Waals surface area (Å²) in [4.78, 5) is 14.2. The number of nitrogens with zero attached hydrogens (tertiary/aromatic N) is 1. The number of aliphatic hydroxyl groups is 1. The third-order valence-electron chi connectivity index (χ3n) is 3.31. The van der Waals surface area contributed by atoms with Crippen molar-refractivity contribution in [3.63, 3.8) is 0 Å². The van der Waals surface area contributed by atoms with Gasteiger partial charge in [0.25, 0.3) is 0 Å². The van der Waals surface area contributed by atoms with Gasteiger partial charge >= 0.3 is 0 Å². The molecule has 0 radical (unpaired) electrons. The predicted molar refractivity (Wildman–Crippen MR) is 65.2 cm³/mol. The fourth-order valence-electron chi connectivity index (χ4n) is 2.21. The van der Waals surface area contributed by atoms with Crippen LogP contribution in [-0.4, -0.2) is 48.1 Å². The molecule has 0 aromatic heterocycles. The molecule has 1 rings (SSSR count). The summed E-state index contributed by atoms with van der Waals surface area (Å²) < 4.78 is 4.74. The van der Waals surface area contributed by atoms with Crippen LogP contribution in [0.2, 0.25) is 0 Å². The summed E-state index contributed by atoms with van der Waals surface area (Å²) in [5, 5.41) is 12.2. The van der Waals surface area contributed by atoms with Crippen molar-refractivity contribution in [3.8, 4) is 0 Å². The van der Waals surface area contributed by atoms with Gasteiger partial charge in [0.15, 0.2) is 0 Å². The van der Waals surface area contributed by atoms with E-state index in [0.717, 1.165) is 19.4 Å². The Bertz CT molecular complexity index is 258. The largest absolute Gasteiger partial charge is 0.356 e. The molecule has 1 fully saturated rings. The van der Waals surface area contributed by atoms with Gasteiger partial charge in [0.2, 0.25) is 12.3 Å². The lowest BCUT2D eigenvalue weighted by molar-refractivity contribution is -0.144. The van der Waals surface area contributed by atoms with Crippen LogP contribution in [0.3, 0.4) is 0 Å². The number of amides is 1. The van der Waals surface area contributed by atoms with Crippen molar-refractivity contribution in [2.24, 2.45) is 5.92 Å². The van der Waals surface area contributed by atoms with Gasteiger partial charge in [-0.05, 0) is 25.7 Å². The molecule has 3 atom stereocenters. The number of aliphatic hydroxyl groups excluding tert-OH is 1. The standard InChI is InChI=1S/C12H24N2O3/c1-8(2)10(13-12(16)17-4)11(15)14-7-5-6-9(14)3/h8-10,12-13,16H,5-7H2,1-4H3/t9-,10-,12?/m0/s1. The number of hydrogen-bond donors (Lipinski definition) is 2. The summed E-state index contributed by atoms with van der Waals surface area (Å²) in [6.45, 7) is 6.79. The van der Waals surface area contributed by atoms with Gasteiger partial charge in [-0.2, -0.15) is 0 Å². The second-order valence-corrected chi connectivity index (χ2v) is 5.00. The minimum atomic E-state index is -1.09. The first-order chi connectivity index (χ1) is 7.97. The van der Waals surface area contributed by atoms with Gasteiger partial charge in [0.1, 0.15) is 0 Å². The average Bonchev–Trinajstić information content (AvgIpc) is 2.70. The summed E-state index contributed by atoms with van der Waals surface area (Å²) in [7, 11) is 1.40. The Morgan fingerprint density at radius 1 is 1.53 bits per heavy atom. The van der Waals surface area contributed by atoms with Gasteiger partial charge in [0.05, 0.1) is 6.04 Å². The van der Waals surface area contributed by atoms with Crippen LogP contribution in [0.1, 0.15) is 33.6 Å². The second-order valence-electron chi connectivity index (χ2n) is 5.00. The van der Waals surface area contributed by atoms with Crippen LogP contribution in [0, 0.1) is 5.92 Å². The fraction of sp³-hybridized carbons (Fsp3) is 0.917.